The number of ether oxygens (including phenoxy) is 1. The number of thiophene rings is 1. The highest BCUT2D eigenvalue weighted by Crippen LogP contribution is 2.34. The third kappa shape index (κ3) is 4.99. The number of hydrogen-bond acceptors (Lipinski definition) is 6. The summed E-state index contributed by atoms with van der Waals surface area (Å²) < 4.78 is 5.98. The highest BCUT2D eigenvalue weighted by molar-refractivity contribution is 7.18. The van der Waals surface area contributed by atoms with Crippen LogP contribution in [0.2, 0.25) is 4.34 Å². The summed E-state index contributed by atoms with van der Waals surface area (Å²) in [7, 11) is 0. The minimum Gasteiger partial charge on any atom is -0.442 e. The second kappa shape index (κ2) is 9.79. The van der Waals surface area contributed by atoms with E-state index in [1.807, 2.05) is 18.2 Å². The number of cyclic esters (lactones) is 1. The number of hydrogen-bond donors (Lipinski definition) is 2. The SMILES string of the molecule is CCC(=O)Nc1cc(N2CC(CNC(=O)c3ccc(Cl)s3)OC2=O)ccc1N1CCCC1. The lowest BCUT2D eigenvalue weighted by atomic mass is 10.2. The van der Waals surface area contributed by atoms with Crippen LogP contribution in [-0.2, 0) is 9.53 Å². The molecule has 1 atom stereocenters. The molecule has 1 aromatic carbocycles. The van der Waals surface area contributed by atoms with Crippen LogP contribution in [0, 0.1) is 0 Å². The second-order valence-electron chi connectivity index (χ2n) is 7.73. The van der Waals surface area contributed by atoms with Crippen LogP contribution in [0.1, 0.15) is 35.9 Å². The Bertz CT molecular complexity index is 1020. The number of nitrogens with one attached hydrogen (secondary N) is 2. The molecule has 1 aromatic heterocycles. The van der Waals surface area contributed by atoms with Gasteiger partial charge in [0.1, 0.15) is 6.10 Å². The van der Waals surface area contributed by atoms with Gasteiger partial charge in [-0.3, -0.25) is 14.5 Å². The van der Waals surface area contributed by atoms with Gasteiger partial charge in [-0.25, -0.2) is 4.79 Å². The molecule has 32 heavy (non-hydrogen) atoms. The number of nitrogens with zero attached hydrogens (tertiary/aromatic N) is 2. The molecule has 10 heteroatoms. The number of benzene rings is 1. The fourth-order valence-electron chi connectivity index (χ4n) is 3.83. The van der Waals surface area contributed by atoms with Crippen molar-refractivity contribution in [2.24, 2.45) is 0 Å². The van der Waals surface area contributed by atoms with Crippen LogP contribution >= 0.6 is 22.9 Å². The summed E-state index contributed by atoms with van der Waals surface area (Å²) in [6, 6.07) is 8.94. The lowest BCUT2D eigenvalue weighted by molar-refractivity contribution is -0.115. The van der Waals surface area contributed by atoms with Gasteiger partial charge in [-0.1, -0.05) is 18.5 Å². The van der Waals surface area contributed by atoms with E-state index in [2.05, 4.69) is 15.5 Å². The topological polar surface area (TPSA) is 91.0 Å². The van der Waals surface area contributed by atoms with Crippen LogP contribution in [0.4, 0.5) is 21.9 Å². The maximum atomic E-state index is 12.5. The van der Waals surface area contributed by atoms with Gasteiger partial charge in [0.25, 0.3) is 5.91 Å². The Hall–Kier alpha value is -2.78. The van der Waals surface area contributed by atoms with E-state index in [0.717, 1.165) is 31.6 Å². The standard InChI is InChI=1S/C22H25ClN4O4S/c1-2-20(28)25-16-11-14(5-6-17(16)26-9-3-4-10-26)27-13-15(31-22(27)30)12-24-21(29)18-7-8-19(23)32-18/h5-8,11,15H,2-4,9-10,12-13H2,1H3,(H,24,29)(H,25,28). The quantitative estimate of drug-likeness (QED) is 0.627. The lowest BCUT2D eigenvalue weighted by Gasteiger charge is -2.23. The fraction of sp³-hybridized carbons (Fsp3) is 0.409. The number of anilines is 3. The molecule has 0 saturated carbocycles. The highest BCUT2D eigenvalue weighted by Gasteiger charge is 2.33. The van der Waals surface area contributed by atoms with E-state index in [1.165, 1.54) is 16.2 Å². The average Bonchev–Trinajstić information content (AvgIpc) is 3.53. The predicted octanol–water partition coefficient (Wildman–Crippen LogP) is 4.11. The first-order valence-corrected chi connectivity index (χ1v) is 11.8. The first-order valence-electron chi connectivity index (χ1n) is 10.6. The molecule has 1 unspecified atom stereocenters. The Kier molecular flexibility index (Phi) is 6.86. The first kappa shape index (κ1) is 22.4. The van der Waals surface area contributed by atoms with Crippen molar-refractivity contribution >= 4 is 57.9 Å². The van der Waals surface area contributed by atoms with Crippen molar-refractivity contribution in [3.05, 3.63) is 39.5 Å². The van der Waals surface area contributed by atoms with Gasteiger partial charge in [0, 0.05) is 25.2 Å². The highest BCUT2D eigenvalue weighted by atomic mass is 35.5. The number of amides is 3. The molecule has 2 aliphatic rings. The zero-order valence-corrected chi connectivity index (χ0v) is 19.3. The van der Waals surface area contributed by atoms with Gasteiger partial charge in [0.05, 0.1) is 33.7 Å². The van der Waals surface area contributed by atoms with Gasteiger partial charge in [-0.2, -0.15) is 0 Å². The minimum absolute atomic E-state index is 0.0825. The summed E-state index contributed by atoms with van der Waals surface area (Å²) in [5, 5.41) is 5.74. The van der Waals surface area contributed by atoms with Crippen molar-refractivity contribution in [1.82, 2.24) is 5.32 Å². The summed E-state index contributed by atoms with van der Waals surface area (Å²) in [6.45, 7) is 4.18. The molecular formula is C22H25ClN4O4S. The van der Waals surface area contributed by atoms with Crippen LogP contribution in [0.3, 0.4) is 0 Å². The Morgan fingerprint density at radius 1 is 1.22 bits per heavy atom. The van der Waals surface area contributed by atoms with Crippen molar-refractivity contribution < 1.29 is 19.1 Å². The zero-order chi connectivity index (χ0) is 22.7. The van der Waals surface area contributed by atoms with Crippen LogP contribution in [0.5, 0.6) is 0 Å². The van der Waals surface area contributed by atoms with E-state index in [4.69, 9.17) is 16.3 Å². The monoisotopic (exact) mass is 476 g/mol. The van der Waals surface area contributed by atoms with Crippen molar-refractivity contribution in [1.29, 1.82) is 0 Å². The van der Waals surface area contributed by atoms with E-state index in [9.17, 15) is 14.4 Å². The van der Waals surface area contributed by atoms with E-state index >= 15 is 0 Å². The molecule has 3 heterocycles. The Balaban J connectivity index is 1.45. The number of rotatable bonds is 7. The normalized spacial score (nSPS) is 18.1. The maximum absolute atomic E-state index is 12.5. The van der Waals surface area contributed by atoms with E-state index < -0.39 is 12.2 Å². The molecular weight excluding hydrogens is 452 g/mol. The van der Waals surface area contributed by atoms with Crippen LogP contribution in [-0.4, -0.2) is 50.2 Å². The van der Waals surface area contributed by atoms with E-state index in [0.29, 0.717) is 33.6 Å². The summed E-state index contributed by atoms with van der Waals surface area (Å²) >= 11 is 7.07. The minimum atomic E-state index is -0.481. The van der Waals surface area contributed by atoms with Gasteiger partial charge in [-0.15, -0.1) is 11.3 Å². The Morgan fingerprint density at radius 3 is 2.69 bits per heavy atom. The molecule has 170 valence electrons. The molecule has 2 fully saturated rings. The molecule has 4 rings (SSSR count). The summed E-state index contributed by atoms with van der Waals surface area (Å²) in [5.41, 5.74) is 2.29. The lowest BCUT2D eigenvalue weighted by Crippen LogP contribution is -2.34. The molecule has 0 aliphatic carbocycles. The zero-order valence-electron chi connectivity index (χ0n) is 17.7. The second-order valence-corrected chi connectivity index (χ2v) is 9.44. The molecule has 2 aromatic rings. The van der Waals surface area contributed by atoms with Gasteiger partial charge in [0.15, 0.2) is 0 Å². The van der Waals surface area contributed by atoms with Crippen molar-refractivity contribution in [2.75, 3.05) is 41.3 Å². The Morgan fingerprint density at radius 2 is 2.00 bits per heavy atom. The molecule has 2 N–H and O–H groups in total. The predicted molar refractivity (Wildman–Crippen MR) is 126 cm³/mol. The fourth-order valence-corrected chi connectivity index (χ4v) is 4.79. The van der Waals surface area contributed by atoms with E-state index in [1.54, 1.807) is 19.1 Å². The van der Waals surface area contributed by atoms with Crippen molar-refractivity contribution in [2.45, 2.75) is 32.3 Å². The third-order valence-corrected chi connectivity index (χ3v) is 6.73. The van der Waals surface area contributed by atoms with Gasteiger partial charge < -0.3 is 20.3 Å². The largest absolute Gasteiger partial charge is 0.442 e. The third-order valence-electron chi connectivity index (χ3n) is 5.50. The first-order chi connectivity index (χ1) is 15.4. The number of halogens is 1. The maximum Gasteiger partial charge on any atom is 0.414 e. The van der Waals surface area contributed by atoms with Crippen molar-refractivity contribution in [3.8, 4) is 0 Å². The van der Waals surface area contributed by atoms with Crippen LogP contribution < -0.4 is 20.4 Å². The average molecular weight is 477 g/mol. The van der Waals surface area contributed by atoms with Gasteiger partial charge in [-0.05, 0) is 43.2 Å². The van der Waals surface area contributed by atoms with Crippen LogP contribution in [0.25, 0.3) is 0 Å². The van der Waals surface area contributed by atoms with E-state index in [-0.39, 0.29) is 18.4 Å². The van der Waals surface area contributed by atoms with Crippen LogP contribution in [0.15, 0.2) is 30.3 Å². The van der Waals surface area contributed by atoms with Crippen molar-refractivity contribution in [3.63, 3.8) is 0 Å². The summed E-state index contributed by atoms with van der Waals surface area (Å²) in [4.78, 5) is 41.1. The Labute approximate surface area is 195 Å². The smallest absolute Gasteiger partial charge is 0.414 e. The molecule has 0 spiro atoms. The number of carbonyl (C=O) groups excluding carboxylic acids is 3. The molecule has 0 radical (unpaired) electrons. The molecule has 0 bridgehead atoms. The molecule has 3 amide bonds. The molecule has 8 nitrogen and oxygen atoms in total. The molecule has 2 saturated heterocycles. The van der Waals surface area contributed by atoms with Gasteiger partial charge in [0.2, 0.25) is 5.91 Å². The van der Waals surface area contributed by atoms with Gasteiger partial charge >= 0.3 is 6.09 Å². The summed E-state index contributed by atoms with van der Waals surface area (Å²) in [6.07, 6.45) is 1.64. The molecule has 2 aliphatic heterocycles. The number of carbonyl (C=O) groups is 3. The summed E-state index contributed by atoms with van der Waals surface area (Å²) in [5.74, 6) is -0.336.